The molecule has 3 heterocycles. The third kappa shape index (κ3) is 4.17. The van der Waals surface area contributed by atoms with Gasteiger partial charge in [0.25, 0.3) is 0 Å². The Hall–Kier alpha value is -1.97. The van der Waals surface area contributed by atoms with Crippen LogP contribution in [-0.2, 0) is 15.0 Å². The van der Waals surface area contributed by atoms with E-state index in [9.17, 15) is 8.42 Å². The van der Waals surface area contributed by atoms with Crippen molar-refractivity contribution in [2.24, 2.45) is 11.8 Å². The number of hydrogen-bond donors (Lipinski definition) is 1. The van der Waals surface area contributed by atoms with Crippen LogP contribution in [0.25, 0.3) is 11.0 Å². The molecular formula is C20H29N5O3S. The molecule has 2 aliphatic rings. The molecule has 8 nitrogen and oxygen atoms in total. The summed E-state index contributed by atoms with van der Waals surface area (Å²) >= 11 is 0. The Morgan fingerprint density at radius 1 is 1.28 bits per heavy atom. The lowest BCUT2D eigenvalue weighted by molar-refractivity contribution is 0.157. The number of likely N-dealkylation sites (tertiary alicyclic amines) is 1. The first kappa shape index (κ1) is 20.3. The maximum absolute atomic E-state index is 12.1. The molecule has 9 heteroatoms. The van der Waals surface area contributed by atoms with E-state index in [1.807, 2.05) is 12.3 Å². The fourth-order valence-corrected chi connectivity index (χ4v) is 5.81. The van der Waals surface area contributed by atoms with E-state index in [0.717, 1.165) is 62.0 Å². The monoisotopic (exact) mass is 419 g/mol. The molecule has 0 spiro atoms. The maximum Gasteiger partial charge on any atom is 0.228 e. The molecule has 1 saturated heterocycles. The van der Waals surface area contributed by atoms with Gasteiger partial charge in [0.2, 0.25) is 10.3 Å². The van der Waals surface area contributed by atoms with Gasteiger partial charge in [-0.15, -0.1) is 0 Å². The summed E-state index contributed by atoms with van der Waals surface area (Å²) in [5.74, 6) is 1.46. The summed E-state index contributed by atoms with van der Waals surface area (Å²) in [7, 11) is 1.61. The number of fused-ring (bicyclic) bond motifs is 1. The van der Waals surface area contributed by atoms with Crippen molar-refractivity contribution in [1.82, 2.24) is 19.9 Å². The van der Waals surface area contributed by atoms with E-state index in [1.165, 1.54) is 0 Å². The minimum atomic E-state index is -2.17. The Kier molecular flexibility index (Phi) is 6.17. The zero-order valence-electron chi connectivity index (χ0n) is 17.0. The van der Waals surface area contributed by atoms with E-state index in [1.54, 1.807) is 13.4 Å². The molecule has 0 bridgehead atoms. The van der Waals surface area contributed by atoms with Crippen LogP contribution in [0.15, 0.2) is 18.6 Å². The molecule has 1 aliphatic heterocycles. The van der Waals surface area contributed by atoms with Crippen LogP contribution < -0.4 is 4.90 Å². The highest BCUT2D eigenvalue weighted by atomic mass is 32.2. The van der Waals surface area contributed by atoms with Crippen LogP contribution >= 0.6 is 0 Å². The molecule has 1 aliphatic carbocycles. The van der Waals surface area contributed by atoms with E-state index in [0.29, 0.717) is 23.6 Å². The highest BCUT2D eigenvalue weighted by Gasteiger charge is 2.34. The van der Waals surface area contributed by atoms with E-state index in [-0.39, 0.29) is 5.92 Å². The van der Waals surface area contributed by atoms with Gasteiger partial charge >= 0.3 is 0 Å². The average molecular weight is 420 g/mol. The summed E-state index contributed by atoms with van der Waals surface area (Å²) in [5.41, 5.74) is 0.840. The van der Waals surface area contributed by atoms with E-state index in [2.05, 4.69) is 31.8 Å². The maximum atomic E-state index is 12.1. The summed E-state index contributed by atoms with van der Waals surface area (Å²) < 4.78 is 29.4. The van der Waals surface area contributed by atoms with Crippen LogP contribution in [-0.4, -0.2) is 73.2 Å². The normalized spacial score (nSPS) is 25.4. The number of nitrogens with zero attached hydrogens (tertiary/aromatic N) is 4. The molecule has 29 heavy (non-hydrogen) atoms. The number of aromatic nitrogens is 3. The Morgan fingerprint density at radius 2 is 2.07 bits per heavy atom. The van der Waals surface area contributed by atoms with Crippen LogP contribution in [0.4, 0.5) is 5.82 Å². The molecule has 2 fully saturated rings. The van der Waals surface area contributed by atoms with Gasteiger partial charge in [-0.3, -0.25) is 4.90 Å². The lowest BCUT2D eigenvalue weighted by Crippen LogP contribution is -2.41. The van der Waals surface area contributed by atoms with Gasteiger partial charge in [0, 0.05) is 45.4 Å². The summed E-state index contributed by atoms with van der Waals surface area (Å²) in [6.07, 6.45) is 8.13. The number of rotatable bonds is 5. The van der Waals surface area contributed by atoms with E-state index in [4.69, 9.17) is 4.74 Å². The molecule has 0 radical (unpaired) electrons. The average Bonchev–Trinajstić information content (AvgIpc) is 3.37. The second kappa shape index (κ2) is 8.81. The third-order valence-electron chi connectivity index (χ3n) is 6.43. The molecule has 0 amide bonds. The van der Waals surface area contributed by atoms with Gasteiger partial charge in [0.1, 0.15) is 22.8 Å². The molecule has 4 rings (SSSR count). The zero-order chi connectivity index (χ0) is 20.4. The number of methoxy groups -OCH3 is 1. The number of anilines is 1. The van der Waals surface area contributed by atoms with Crippen molar-refractivity contribution in [2.45, 2.75) is 38.1 Å². The second-order valence-electron chi connectivity index (χ2n) is 8.18. The largest absolute Gasteiger partial charge is 0.384 e. The summed E-state index contributed by atoms with van der Waals surface area (Å²) in [4.78, 5) is 16.8. The number of ether oxygens (including phenoxy) is 1. The topological polar surface area (TPSA) is 91.4 Å². The zero-order valence-corrected chi connectivity index (χ0v) is 17.9. The van der Waals surface area contributed by atoms with Crippen LogP contribution in [0, 0.1) is 11.8 Å². The van der Waals surface area contributed by atoms with Crippen molar-refractivity contribution in [2.75, 3.05) is 38.8 Å². The SMILES string of the molecule is COCC1CCN(C(C2CCC(N(C)c3ncnc4[nH]ccc34)CC2)=S(=O)=O)C1. The van der Waals surface area contributed by atoms with Gasteiger partial charge in [-0.1, -0.05) is 0 Å². The molecule has 1 unspecified atom stereocenters. The van der Waals surface area contributed by atoms with Gasteiger partial charge in [-0.25, -0.2) is 9.97 Å². The molecule has 1 atom stereocenters. The lowest BCUT2D eigenvalue weighted by atomic mass is 9.85. The Bertz CT molecular complexity index is 973. The number of H-pyrrole nitrogens is 1. The first-order valence-electron chi connectivity index (χ1n) is 10.3. The van der Waals surface area contributed by atoms with Crippen LogP contribution in [0.3, 0.4) is 0 Å². The van der Waals surface area contributed by atoms with Crippen molar-refractivity contribution in [3.63, 3.8) is 0 Å². The highest BCUT2D eigenvalue weighted by Crippen LogP contribution is 2.33. The van der Waals surface area contributed by atoms with Gasteiger partial charge in [-0.05, 0) is 44.1 Å². The quantitative estimate of drug-likeness (QED) is 0.741. The van der Waals surface area contributed by atoms with Gasteiger partial charge in [-0.2, -0.15) is 8.42 Å². The Labute approximate surface area is 172 Å². The fourth-order valence-electron chi connectivity index (χ4n) is 4.93. The van der Waals surface area contributed by atoms with Crippen LogP contribution in [0.2, 0.25) is 0 Å². The van der Waals surface area contributed by atoms with Gasteiger partial charge < -0.3 is 14.6 Å². The molecular weight excluding hydrogens is 390 g/mol. The molecule has 0 aromatic carbocycles. The number of nitrogens with one attached hydrogen (secondary N) is 1. The number of hydrogen-bond acceptors (Lipinski definition) is 6. The third-order valence-corrected chi connectivity index (χ3v) is 7.36. The Balaban J connectivity index is 1.43. The minimum Gasteiger partial charge on any atom is -0.384 e. The van der Waals surface area contributed by atoms with Crippen LogP contribution in [0.5, 0.6) is 0 Å². The van der Waals surface area contributed by atoms with Crippen molar-refractivity contribution in [1.29, 1.82) is 0 Å². The van der Waals surface area contributed by atoms with Gasteiger partial charge in [0.05, 0.1) is 12.0 Å². The fraction of sp³-hybridized carbons (Fsp3) is 0.650. The predicted octanol–water partition coefficient (Wildman–Crippen LogP) is 1.93. The standard InChI is InChI=1S/C20H29N5O3S/c1-24(19-17-7-9-21-18(17)22-13-23-19)16-5-3-15(4-6-16)20(29(26)27)25-10-8-14(11-25)12-28-2/h7,9,13-16H,3-6,8,10-12H2,1-2H3,(H,21,22,23). The lowest BCUT2D eigenvalue weighted by Gasteiger charge is -2.36. The molecule has 2 aromatic heterocycles. The van der Waals surface area contributed by atoms with Crippen LogP contribution in [0.1, 0.15) is 32.1 Å². The van der Waals surface area contributed by atoms with Gasteiger partial charge in [0.15, 0.2) is 0 Å². The summed E-state index contributed by atoms with van der Waals surface area (Å²) in [6, 6.07) is 2.35. The smallest absolute Gasteiger partial charge is 0.228 e. The molecule has 158 valence electrons. The first-order chi connectivity index (χ1) is 14.1. The molecule has 1 N–H and O–H groups in total. The predicted molar refractivity (Wildman–Crippen MR) is 114 cm³/mol. The highest BCUT2D eigenvalue weighted by molar-refractivity contribution is 7.72. The Morgan fingerprint density at radius 3 is 2.79 bits per heavy atom. The summed E-state index contributed by atoms with van der Waals surface area (Å²) in [5, 5.41) is 1.02. The van der Waals surface area contributed by atoms with E-state index >= 15 is 0 Å². The van der Waals surface area contributed by atoms with Crippen molar-refractivity contribution >= 4 is 32.1 Å². The first-order valence-corrected chi connectivity index (χ1v) is 11.4. The van der Waals surface area contributed by atoms with Crippen molar-refractivity contribution in [3.8, 4) is 0 Å². The second-order valence-corrected chi connectivity index (χ2v) is 9.07. The van der Waals surface area contributed by atoms with Crippen molar-refractivity contribution in [3.05, 3.63) is 18.6 Å². The molecule has 2 aromatic rings. The summed E-state index contributed by atoms with van der Waals surface area (Å²) in [6.45, 7) is 2.28. The number of aromatic amines is 1. The van der Waals surface area contributed by atoms with Crippen molar-refractivity contribution < 1.29 is 13.2 Å². The minimum absolute atomic E-state index is 0.108. The molecule has 1 saturated carbocycles. The van der Waals surface area contributed by atoms with E-state index < -0.39 is 10.3 Å².